The van der Waals surface area contributed by atoms with E-state index in [1.807, 2.05) is 0 Å². The van der Waals surface area contributed by atoms with Gasteiger partial charge in [0.15, 0.2) is 11.6 Å². The van der Waals surface area contributed by atoms with Crippen molar-refractivity contribution in [3.8, 4) is 0 Å². The first kappa shape index (κ1) is 15.6. The second-order valence-electron chi connectivity index (χ2n) is 5.67. The van der Waals surface area contributed by atoms with Crippen molar-refractivity contribution in [3.05, 3.63) is 47.2 Å². The van der Waals surface area contributed by atoms with Crippen molar-refractivity contribution in [2.45, 2.75) is 38.5 Å². The minimum absolute atomic E-state index is 0.0440. The van der Waals surface area contributed by atoms with E-state index in [9.17, 15) is 18.0 Å². The summed E-state index contributed by atoms with van der Waals surface area (Å²) in [6.45, 7) is 1.38. The Kier molecular flexibility index (Phi) is 3.87. The Labute approximate surface area is 131 Å². The van der Waals surface area contributed by atoms with Gasteiger partial charge in [-0.05, 0) is 31.4 Å². The van der Waals surface area contributed by atoms with Crippen LogP contribution in [0.2, 0.25) is 0 Å². The molecule has 1 aromatic heterocycles. The topological polar surface area (TPSA) is 46.9 Å². The summed E-state index contributed by atoms with van der Waals surface area (Å²) in [7, 11) is 0. The van der Waals surface area contributed by atoms with Gasteiger partial charge in [0, 0.05) is 12.7 Å². The van der Waals surface area contributed by atoms with E-state index in [0.29, 0.717) is 17.4 Å². The maximum atomic E-state index is 13.0. The zero-order valence-electron chi connectivity index (χ0n) is 12.5. The molecule has 122 valence electrons. The van der Waals surface area contributed by atoms with Gasteiger partial charge >= 0.3 is 6.18 Å². The first-order valence-electron chi connectivity index (χ1n) is 7.35. The lowest BCUT2D eigenvalue weighted by atomic mass is 10.1. The van der Waals surface area contributed by atoms with Crippen molar-refractivity contribution in [1.29, 1.82) is 0 Å². The molecule has 7 heteroatoms. The maximum absolute atomic E-state index is 13.0. The van der Waals surface area contributed by atoms with E-state index in [4.69, 9.17) is 0 Å². The number of nitrogens with zero attached hydrogens (tertiary/aromatic N) is 2. The SMILES string of the molecule is CC(=O)c1cn(C2CC2)nc1NCc1ccccc1C(F)(F)F. The average Bonchev–Trinajstić information content (AvgIpc) is 3.24. The van der Waals surface area contributed by atoms with E-state index >= 15 is 0 Å². The first-order chi connectivity index (χ1) is 10.9. The largest absolute Gasteiger partial charge is 0.416 e. The van der Waals surface area contributed by atoms with Crippen LogP contribution >= 0.6 is 0 Å². The number of hydrogen-bond acceptors (Lipinski definition) is 3. The molecule has 3 rings (SSSR count). The number of rotatable bonds is 5. The molecule has 23 heavy (non-hydrogen) atoms. The molecule has 0 aliphatic heterocycles. The molecule has 1 aliphatic rings. The van der Waals surface area contributed by atoms with Gasteiger partial charge in [0.2, 0.25) is 0 Å². The number of hydrogen-bond donors (Lipinski definition) is 1. The number of nitrogens with one attached hydrogen (secondary N) is 1. The van der Waals surface area contributed by atoms with Crippen LogP contribution in [0.1, 0.15) is 47.3 Å². The lowest BCUT2D eigenvalue weighted by molar-refractivity contribution is -0.138. The third kappa shape index (κ3) is 3.38. The number of halogens is 3. The van der Waals surface area contributed by atoms with Crippen molar-refractivity contribution in [1.82, 2.24) is 9.78 Å². The van der Waals surface area contributed by atoms with Gasteiger partial charge in [0.05, 0.1) is 17.2 Å². The molecule has 1 fully saturated rings. The predicted octanol–water partition coefficient (Wildman–Crippen LogP) is 4.05. The Morgan fingerprint density at radius 2 is 2.04 bits per heavy atom. The molecule has 0 saturated heterocycles. The summed E-state index contributed by atoms with van der Waals surface area (Å²) in [5, 5.41) is 7.18. The minimum Gasteiger partial charge on any atom is -0.364 e. The average molecular weight is 323 g/mol. The Morgan fingerprint density at radius 3 is 2.65 bits per heavy atom. The summed E-state index contributed by atoms with van der Waals surface area (Å²) in [6, 6.07) is 5.68. The van der Waals surface area contributed by atoms with E-state index in [0.717, 1.165) is 18.9 Å². The molecule has 1 heterocycles. The molecule has 0 radical (unpaired) electrons. The van der Waals surface area contributed by atoms with E-state index in [2.05, 4.69) is 10.4 Å². The van der Waals surface area contributed by atoms with E-state index < -0.39 is 11.7 Å². The van der Waals surface area contributed by atoms with Gasteiger partial charge in [-0.1, -0.05) is 18.2 Å². The van der Waals surface area contributed by atoms with Crippen LogP contribution in [-0.4, -0.2) is 15.6 Å². The first-order valence-corrected chi connectivity index (χ1v) is 7.35. The fraction of sp³-hybridized carbons (Fsp3) is 0.375. The number of Topliss-reactive ketones (excluding diaryl/α,β-unsaturated/α-hetero) is 1. The minimum atomic E-state index is -4.41. The van der Waals surface area contributed by atoms with Crippen LogP contribution < -0.4 is 5.32 Å². The summed E-state index contributed by atoms with van der Waals surface area (Å²) in [5.74, 6) is 0.171. The zero-order valence-corrected chi connectivity index (χ0v) is 12.5. The van der Waals surface area contributed by atoms with Gasteiger partial charge in [-0.25, -0.2) is 0 Å². The van der Waals surface area contributed by atoms with E-state index in [1.54, 1.807) is 16.9 Å². The van der Waals surface area contributed by atoms with Crippen LogP contribution in [0, 0.1) is 0 Å². The molecule has 0 bridgehead atoms. The van der Waals surface area contributed by atoms with Gasteiger partial charge in [-0.2, -0.15) is 18.3 Å². The van der Waals surface area contributed by atoms with Gasteiger partial charge in [0.1, 0.15) is 0 Å². The lowest BCUT2D eigenvalue weighted by Crippen LogP contribution is -2.12. The predicted molar refractivity (Wildman–Crippen MR) is 79.3 cm³/mol. The lowest BCUT2D eigenvalue weighted by Gasteiger charge is -2.13. The van der Waals surface area contributed by atoms with Crippen LogP contribution in [0.15, 0.2) is 30.5 Å². The summed E-state index contributed by atoms with van der Waals surface area (Å²) in [4.78, 5) is 11.7. The van der Waals surface area contributed by atoms with E-state index in [1.165, 1.54) is 19.1 Å². The Morgan fingerprint density at radius 1 is 1.35 bits per heavy atom. The van der Waals surface area contributed by atoms with Gasteiger partial charge in [-0.15, -0.1) is 0 Å². The van der Waals surface area contributed by atoms with Crippen LogP contribution in [0.5, 0.6) is 0 Å². The molecule has 1 aromatic carbocycles. The molecule has 1 N–H and O–H groups in total. The summed E-state index contributed by atoms with van der Waals surface area (Å²) in [6.07, 6.45) is -0.724. The molecule has 1 saturated carbocycles. The molecule has 1 aliphatic carbocycles. The molecule has 2 aromatic rings. The molecule has 0 unspecified atom stereocenters. The van der Waals surface area contributed by atoms with Crippen molar-refractivity contribution < 1.29 is 18.0 Å². The van der Waals surface area contributed by atoms with Crippen molar-refractivity contribution >= 4 is 11.6 Å². The van der Waals surface area contributed by atoms with Crippen molar-refractivity contribution in [3.63, 3.8) is 0 Å². The fourth-order valence-corrected chi connectivity index (χ4v) is 2.44. The second kappa shape index (κ2) is 5.72. The standard InChI is InChI=1S/C16H16F3N3O/c1-10(23)13-9-22(12-6-7-12)21-15(13)20-8-11-4-2-3-5-14(11)16(17,18)19/h2-5,9,12H,6-8H2,1H3,(H,20,21). The van der Waals surface area contributed by atoms with Crippen molar-refractivity contribution in [2.75, 3.05) is 5.32 Å². The highest BCUT2D eigenvalue weighted by Gasteiger charge is 2.33. The van der Waals surface area contributed by atoms with Crippen LogP contribution in [-0.2, 0) is 12.7 Å². The zero-order chi connectivity index (χ0) is 16.6. The number of carbonyl (C=O) groups excluding carboxylic acids is 1. The molecule has 0 spiro atoms. The number of anilines is 1. The highest BCUT2D eigenvalue weighted by molar-refractivity contribution is 5.98. The molecular weight excluding hydrogens is 307 g/mol. The number of benzene rings is 1. The molecular formula is C16H16F3N3O. The monoisotopic (exact) mass is 323 g/mol. The summed E-state index contributed by atoms with van der Waals surface area (Å²) >= 11 is 0. The number of ketones is 1. The molecule has 4 nitrogen and oxygen atoms in total. The van der Waals surface area contributed by atoms with Crippen LogP contribution in [0.4, 0.5) is 19.0 Å². The van der Waals surface area contributed by atoms with Gasteiger partial charge in [-0.3, -0.25) is 9.48 Å². The summed E-state index contributed by atoms with van der Waals surface area (Å²) < 4.78 is 40.7. The molecule has 0 atom stereocenters. The Bertz CT molecular complexity index is 732. The van der Waals surface area contributed by atoms with Gasteiger partial charge in [0.25, 0.3) is 0 Å². The quantitative estimate of drug-likeness (QED) is 0.844. The molecule has 0 amide bonds. The van der Waals surface area contributed by atoms with Gasteiger partial charge < -0.3 is 5.32 Å². The maximum Gasteiger partial charge on any atom is 0.416 e. The second-order valence-corrected chi connectivity index (χ2v) is 5.67. The number of aromatic nitrogens is 2. The highest BCUT2D eigenvalue weighted by atomic mass is 19.4. The highest BCUT2D eigenvalue weighted by Crippen LogP contribution is 2.36. The fourth-order valence-electron chi connectivity index (χ4n) is 2.44. The Balaban J connectivity index is 1.82. The smallest absolute Gasteiger partial charge is 0.364 e. The third-order valence-corrected chi connectivity index (χ3v) is 3.80. The van der Waals surface area contributed by atoms with Crippen LogP contribution in [0.3, 0.4) is 0 Å². The van der Waals surface area contributed by atoms with Crippen LogP contribution in [0.25, 0.3) is 0 Å². The number of alkyl halides is 3. The van der Waals surface area contributed by atoms with Crippen molar-refractivity contribution in [2.24, 2.45) is 0 Å². The third-order valence-electron chi connectivity index (χ3n) is 3.80. The number of carbonyl (C=O) groups is 1. The Hall–Kier alpha value is -2.31. The normalized spacial score (nSPS) is 14.8. The summed E-state index contributed by atoms with van der Waals surface area (Å²) in [5.41, 5.74) is -0.157. The van der Waals surface area contributed by atoms with E-state index in [-0.39, 0.29) is 17.9 Å².